The molecule has 0 bridgehead atoms. The van der Waals surface area contributed by atoms with Crippen LogP contribution in [-0.2, 0) is 9.53 Å². The molecule has 3 heteroatoms. The molecule has 1 saturated heterocycles. The summed E-state index contributed by atoms with van der Waals surface area (Å²) in [6.07, 6.45) is 6.06. The molecule has 0 aliphatic carbocycles. The van der Waals surface area contributed by atoms with E-state index in [1.54, 1.807) is 0 Å². The van der Waals surface area contributed by atoms with Crippen molar-refractivity contribution < 1.29 is 9.53 Å². The molecule has 1 aliphatic rings. The number of rotatable bonds is 3. The van der Waals surface area contributed by atoms with Crippen LogP contribution < -0.4 is 5.32 Å². The lowest BCUT2D eigenvalue weighted by atomic mass is 10.0. The smallest absolute Gasteiger partial charge is 0.323 e. The topological polar surface area (TPSA) is 38.3 Å². The van der Waals surface area contributed by atoms with Crippen molar-refractivity contribution in [3.8, 4) is 12.3 Å². The molecule has 0 aromatic heterocycles. The van der Waals surface area contributed by atoms with Gasteiger partial charge in [-0.15, -0.1) is 6.42 Å². The van der Waals surface area contributed by atoms with Crippen LogP contribution in [0, 0.1) is 18.3 Å². The van der Waals surface area contributed by atoms with E-state index in [4.69, 9.17) is 11.2 Å². The van der Waals surface area contributed by atoms with Crippen molar-refractivity contribution in [1.29, 1.82) is 0 Å². The number of carbonyl (C=O) groups is 1. The minimum atomic E-state index is -0.205. The summed E-state index contributed by atoms with van der Waals surface area (Å²) in [6, 6.07) is -0.251. The number of nitrogens with one attached hydrogen (secondary N) is 1. The van der Waals surface area contributed by atoms with Crippen molar-refractivity contribution in [2.24, 2.45) is 5.92 Å². The fraction of sp³-hybridized carbons (Fsp3) is 0.700. The minimum Gasteiger partial charge on any atom is -0.464 e. The van der Waals surface area contributed by atoms with Crippen molar-refractivity contribution in [3.05, 3.63) is 0 Å². The molecule has 1 heterocycles. The molecule has 2 unspecified atom stereocenters. The zero-order valence-corrected chi connectivity index (χ0v) is 8.04. The van der Waals surface area contributed by atoms with E-state index in [1.165, 1.54) is 0 Å². The third kappa shape index (κ3) is 2.46. The quantitative estimate of drug-likeness (QED) is 0.510. The molecular formula is C10H15NO2. The highest BCUT2D eigenvalue weighted by molar-refractivity contribution is 5.77. The predicted molar refractivity (Wildman–Crippen MR) is 50.0 cm³/mol. The van der Waals surface area contributed by atoms with E-state index in [2.05, 4.69) is 11.2 Å². The zero-order valence-electron chi connectivity index (χ0n) is 8.04. The van der Waals surface area contributed by atoms with Gasteiger partial charge in [0, 0.05) is 6.42 Å². The van der Waals surface area contributed by atoms with E-state index >= 15 is 0 Å². The maximum absolute atomic E-state index is 11.1. The summed E-state index contributed by atoms with van der Waals surface area (Å²) < 4.78 is 4.82. The second-order valence-electron chi connectivity index (χ2n) is 3.56. The third-order valence-corrected chi connectivity index (χ3v) is 2.16. The number of terminal acetylenes is 1. The van der Waals surface area contributed by atoms with E-state index < -0.39 is 0 Å². The Kier molecular flexibility index (Phi) is 3.32. The second-order valence-corrected chi connectivity index (χ2v) is 3.56. The molecule has 1 N–H and O–H groups in total. The van der Waals surface area contributed by atoms with Gasteiger partial charge in [-0.1, -0.05) is 19.8 Å². The van der Waals surface area contributed by atoms with Gasteiger partial charge in [0.2, 0.25) is 0 Å². The van der Waals surface area contributed by atoms with Crippen LogP contribution in [-0.4, -0.2) is 24.7 Å². The number of hydrogen-bond acceptors (Lipinski definition) is 3. The van der Waals surface area contributed by atoms with Crippen LogP contribution >= 0.6 is 0 Å². The first kappa shape index (κ1) is 10.1. The first-order chi connectivity index (χ1) is 6.15. The number of cyclic esters (lactones) is 1. The molecule has 1 aliphatic heterocycles. The normalized spacial score (nSPS) is 24.2. The number of ether oxygens (including phenoxy) is 1. The molecule has 0 spiro atoms. The average molecular weight is 181 g/mol. The SMILES string of the molecule is C#CC(NC1CCOC1=O)C(C)C. The Labute approximate surface area is 78.8 Å². The van der Waals surface area contributed by atoms with E-state index in [-0.39, 0.29) is 18.1 Å². The Bertz CT molecular complexity index is 230. The van der Waals surface area contributed by atoms with Crippen LogP contribution in [0.4, 0.5) is 0 Å². The van der Waals surface area contributed by atoms with Crippen LogP contribution in [0.25, 0.3) is 0 Å². The van der Waals surface area contributed by atoms with Crippen LogP contribution in [0.2, 0.25) is 0 Å². The minimum absolute atomic E-state index is 0.0457. The van der Waals surface area contributed by atoms with E-state index in [0.29, 0.717) is 12.5 Å². The molecule has 0 aromatic carbocycles. The van der Waals surface area contributed by atoms with E-state index in [0.717, 1.165) is 6.42 Å². The van der Waals surface area contributed by atoms with Crippen LogP contribution in [0.3, 0.4) is 0 Å². The van der Waals surface area contributed by atoms with Gasteiger partial charge in [0.1, 0.15) is 6.04 Å². The Balaban J connectivity index is 2.47. The molecule has 0 radical (unpaired) electrons. The summed E-state index contributed by atoms with van der Waals surface area (Å²) in [5, 5.41) is 3.10. The standard InChI is InChI=1S/C10H15NO2/c1-4-8(7(2)3)11-9-5-6-13-10(9)12/h1,7-9,11H,5-6H2,2-3H3. The molecule has 0 amide bonds. The van der Waals surface area contributed by atoms with Crippen molar-refractivity contribution in [3.63, 3.8) is 0 Å². The Hall–Kier alpha value is -1.01. The summed E-state index contributed by atoms with van der Waals surface area (Å²) in [4.78, 5) is 11.1. The maximum Gasteiger partial charge on any atom is 0.323 e. The first-order valence-electron chi connectivity index (χ1n) is 4.54. The summed E-state index contributed by atoms with van der Waals surface area (Å²) in [5.41, 5.74) is 0. The molecule has 0 aromatic rings. The Morgan fingerprint density at radius 3 is 2.77 bits per heavy atom. The Morgan fingerprint density at radius 1 is 1.69 bits per heavy atom. The zero-order chi connectivity index (χ0) is 9.84. The average Bonchev–Trinajstić information content (AvgIpc) is 2.46. The van der Waals surface area contributed by atoms with E-state index in [9.17, 15) is 4.79 Å². The summed E-state index contributed by atoms with van der Waals surface area (Å²) >= 11 is 0. The highest BCUT2D eigenvalue weighted by Crippen LogP contribution is 2.09. The van der Waals surface area contributed by atoms with Gasteiger partial charge < -0.3 is 4.74 Å². The summed E-state index contributed by atoms with van der Waals surface area (Å²) in [6.45, 7) is 4.56. The number of carbonyl (C=O) groups excluding carboxylic acids is 1. The third-order valence-electron chi connectivity index (χ3n) is 2.16. The van der Waals surface area contributed by atoms with Crippen molar-refractivity contribution in [2.45, 2.75) is 32.4 Å². The van der Waals surface area contributed by atoms with Crippen LogP contribution in [0.5, 0.6) is 0 Å². The highest BCUT2D eigenvalue weighted by atomic mass is 16.5. The molecule has 0 saturated carbocycles. The molecule has 1 rings (SSSR count). The summed E-state index contributed by atoms with van der Waals surface area (Å²) in [7, 11) is 0. The monoisotopic (exact) mass is 181 g/mol. The lowest BCUT2D eigenvalue weighted by molar-refractivity contribution is -0.139. The number of esters is 1. The molecular weight excluding hydrogens is 166 g/mol. The molecule has 13 heavy (non-hydrogen) atoms. The van der Waals surface area contributed by atoms with Crippen molar-refractivity contribution in [2.75, 3.05) is 6.61 Å². The van der Waals surface area contributed by atoms with Gasteiger partial charge >= 0.3 is 5.97 Å². The predicted octanol–water partition coefficient (Wildman–Crippen LogP) is 0.549. The number of hydrogen-bond donors (Lipinski definition) is 1. The maximum atomic E-state index is 11.1. The van der Waals surface area contributed by atoms with Gasteiger partial charge in [0.25, 0.3) is 0 Å². The molecule has 2 atom stereocenters. The highest BCUT2D eigenvalue weighted by Gasteiger charge is 2.28. The summed E-state index contributed by atoms with van der Waals surface area (Å²) in [5.74, 6) is 2.78. The molecule has 1 fully saturated rings. The fourth-order valence-electron chi connectivity index (χ4n) is 1.30. The van der Waals surface area contributed by atoms with E-state index in [1.807, 2.05) is 13.8 Å². The Morgan fingerprint density at radius 2 is 2.38 bits per heavy atom. The first-order valence-corrected chi connectivity index (χ1v) is 4.54. The molecule has 72 valence electrons. The lowest BCUT2D eigenvalue weighted by Gasteiger charge is -2.18. The van der Waals surface area contributed by atoms with Crippen molar-refractivity contribution in [1.82, 2.24) is 5.32 Å². The van der Waals surface area contributed by atoms with Gasteiger partial charge in [-0.25, -0.2) is 0 Å². The largest absolute Gasteiger partial charge is 0.464 e. The van der Waals surface area contributed by atoms with Gasteiger partial charge in [-0.05, 0) is 5.92 Å². The second kappa shape index (κ2) is 4.29. The van der Waals surface area contributed by atoms with Gasteiger partial charge in [0.05, 0.1) is 12.6 Å². The van der Waals surface area contributed by atoms with Crippen LogP contribution in [0.15, 0.2) is 0 Å². The lowest BCUT2D eigenvalue weighted by Crippen LogP contribution is -2.42. The van der Waals surface area contributed by atoms with Crippen molar-refractivity contribution >= 4 is 5.97 Å². The van der Waals surface area contributed by atoms with Gasteiger partial charge in [0.15, 0.2) is 0 Å². The van der Waals surface area contributed by atoms with Gasteiger partial charge in [-0.3, -0.25) is 10.1 Å². The fourth-order valence-corrected chi connectivity index (χ4v) is 1.30. The van der Waals surface area contributed by atoms with Crippen LogP contribution in [0.1, 0.15) is 20.3 Å². The van der Waals surface area contributed by atoms with Gasteiger partial charge in [-0.2, -0.15) is 0 Å². The molecule has 3 nitrogen and oxygen atoms in total.